The van der Waals surface area contributed by atoms with Gasteiger partial charge in [-0.25, -0.2) is 4.98 Å². The summed E-state index contributed by atoms with van der Waals surface area (Å²) in [6, 6.07) is 10.7. The van der Waals surface area contributed by atoms with Crippen LogP contribution in [0.25, 0.3) is 0 Å². The Morgan fingerprint density at radius 1 is 1.26 bits per heavy atom. The number of nitrogen functional groups attached to an aromatic ring is 1. The summed E-state index contributed by atoms with van der Waals surface area (Å²) in [6.07, 6.45) is 1.50. The molecule has 0 radical (unpaired) electrons. The Kier molecular flexibility index (Phi) is 3.97. The van der Waals surface area contributed by atoms with Crippen molar-refractivity contribution in [3.63, 3.8) is 0 Å². The van der Waals surface area contributed by atoms with Crippen molar-refractivity contribution in [2.45, 2.75) is 6.92 Å². The number of nitrogens with zero attached hydrogens (tertiary/aromatic N) is 1. The van der Waals surface area contributed by atoms with Gasteiger partial charge in [0, 0.05) is 23.9 Å². The molecule has 0 aliphatic rings. The summed E-state index contributed by atoms with van der Waals surface area (Å²) in [4.78, 5) is 4.09. The van der Waals surface area contributed by atoms with E-state index in [2.05, 4.69) is 4.98 Å². The third-order valence-corrected chi connectivity index (χ3v) is 2.39. The number of ether oxygens (including phenoxy) is 2. The minimum Gasteiger partial charge on any atom is -0.494 e. The molecule has 5 heteroatoms. The number of pyridine rings is 1. The van der Waals surface area contributed by atoms with Crippen molar-refractivity contribution in [3.8, 4) is 17.4 Å². The fourth-order valence-electron chi connectivity index (χ4n) is 1.51. The van der Waals surface area contributed by atoms with Crippen molar-refractivity contribution >= 4 is 5.84 Å². The highest BCUT2D eigenvalue weighted by molar-refractivity contribution is 5.94. The van der Waals surface area contributed by atoms with E-state index in [9.17, 15) is 0 Å². The van der Waals surface area contributed by atoms with Crippen LogP contribution in [0, 0.1) is 5.41 Å². The molecule has 98 valence electrons. The summed E-state index contributed by atoms with van der Waals surface area (Å²) >= 11 is 0. The summed E-state index contributed by atoms with van der Waals surface area (Å²) in [6.45, 7) is 2.53. The van der Waals surface area contributed by atoms with Gasteiger partial charge in [-0.2, -0.15) is 0 Å². The van der Waals surface area contributed by atoms with Crippen LogP contribution in [0.2, 0.25) is 0 Å². The molecule has 0 spiro atoms. The zero-order chi connectivity index (χ0) is 13.7. The lowest BCUT2D eigenvalue weighted by molar-refractivity contribution is 0.338. The Balaban J connectivity index is 2.12. The van der Waals surface area contributed by atoms with E-state index in [1.165, 1.54) is 6.20 Å². The number of nitrogens with two attached hydrogens (primary N) is 1. The fourth-order valence-corrected chi connectivity index (χ4v) is 1.51. The van der Waals surface area contributed by atoms with Gasteiger partial charge < -0.3 is 15.2 Å². The Hall–Kier alpha value is -2.56. The first-order chi connectivity index (χ1) is 9.19. The zero-order valence-corrected chi connectivity index (χ0v) is 10.6. The maximum atomic E-state index is 7.28. The van der Waals surface area contributed by atoms with E-state index < -0.39 is 0 Å². The number of amidine groups is 1. The zero-order valence-electron chi connectivity index (χ0n) is 10.6. The lowest BCUT2D eigenvalue weighted by Gasteiger charge is -2.07. The molecule has 1 aromatic heterocycles. The standard InChI is InChI=1S/C14H15N3O2/c1-2-18-11-4-3-5-12(8-11)19-13-7-6-10(9-17-13)14(15)16/h3-9H,2H2,1H3,(H3,15,16). The molecule has 3 N–H and O–H groups in total. The van der Waals surface area contributed by atoms with Gasteiger partial charge in [-0.05, 0) is 25.1 Å². The van der Waals surface area contributed by atoms with Gasteiger partial charge in [-0.15, -0.1) is 0 Å². The van der Waals surface area contributed by atoms with E-state index in [-0.39, 0.29) is 5.84 Å². The largest absolute Gasteiger partial charge is 0.494 e. The molecule has 0 aliphatic carbocycles. The molecule has 0 aliphatic heterocycles. The Morgan fingerprint density at radius 3 is 2.68 bits per heavy atom. The topological polar surface area (TPSA) is 81.2 Å². The molecule has 5 nitrogen and oxygen atoms in total. The summed E-state index contributed by atoms with van der Waals surface area (Å²) in [7, 11) is 0. The second-order valence-corrected chi connectivity index (χ2v) is 3.81. The molecule has 2 rings (SSSR count). The van der Waals surface area contributed by atoms with Crippen molar-refractivity contribution in [2.75, 3.05) is 6.61 Å². The second-order valence-electron chi connectivity index (χ2n) is 3.81. The Labute approximate surface area is 111 Å². The summed E-state index contributed by atoms with van der Waals surface area (Å²) in [5, 5.41) is 7.28. The van der Waals surface area contributed by atoms with E-state index in [1.54, 1.807) is 18.2 Å². The predicted octanol–water partition coefficient (Wildman–Crippen LogP) is 2.56. The number of hydrogen-bond acceptors (Lipinski definition) is 4. The van der Waals surface area contributed by atoms with Gasteiger partial charge in [0.1, 0.15) is 17.3 Å². The molecule has 0 saturated heterocycles. The van der Waals surface area contributed by atoms with Crippen LogP contribution in [0.3, 0.4) is 0 Å². The number of hydrogen-bond donors (Lipinski definition) is 2. The van der Waals surface area contributed by atoms with Crippen LogP contribution >= 0.6 is 0 Å². The number of rotatable bonds is 5. The molecule has 0 amide bonds. The van der Waals surface area contributed by atoms with Crippen LogP contribution in [-0.2, 0) is 0 Å². The van der Waals surface area contributed by atoms with Gasteiger partial charge in [0.25, 0.3) is 0 Å². The van der Waals surface area contributed by atoms with Gasteiger partial charge in [-0.3, -0.25) is 5.41 Å². The van der Waals surface area contributed by atoms with Gasteiger partial charge in [0.2, 0.25) is 5.88 Å². The maximum absolute atomic E-state index is 7.28. The molecule has 0 bridgehead atoms. The van der Waals surface area contributed by atoms with Crippen molar-refractivity contribution in [3.05, 3.63) is 48.2 Å². The van der Waals surface area contributed by atoms with Gasteiger partial charge >= 0.3 is 0 Å². The molecule has 1 heterocycles. The van der Waals surface area contributed by atoms with Crippen LogP contribution in [0.4, 0.5) is 0 Å². The molecular formula is C14H15N3O2. The lowest BCUT2D eigenvalue weighted by atomic mass is 10.3. The van der Waals surface area contributed by atoms with Gasteiger partial charge in [-0.1, -0.05) is 6.07 Å². The Bertz CT molecular complexity index is 567. The molecule has 0 atom stereocenters. The van der Waals surface area contributed by atoms with Crippen LogP contribution in [0.15, 0.2) is 42.6 Å². The van der Waals surface area contributed by atoms with E-state index in [0.717, 1.165) is 5.75 Å². The van der Waals surface area contributed by atoms with Crippen molar-refractivity contribution < 1.29 is 9.47 Å². The Morgan fingerprint density at radius 2 is 2.05 bits per heavy atom. The third kappa shape index (κ3) is 3.45. The molecule has 2 aromatic rings. The third-order valence-electron chi connectivity index (χ3n) is 2.39. The number of aromatic nitrogens is 1. The highest BCUT2D eigenvalue weighted by atomic mass is 16.5. The summed E-state index contributed by atoms with van der Waals surface area (Å²) < 4.78 is 11.0. The highest BCUT2D eigenvalue weighted by Gasteiger charge is 2.02. The van der Waals surface area contributed by atoms with E-state index in [0.29, 0.717) is 23.8 Å². The number of benzene rings is 1. The first-order valence-corrected chi connectivity index (χ1v) is 5.90. The molecule has 0 unspecified atom stereocenters. The molecule has 0 fully saturated rings. The average molecular weight is 257 g/mol. The SMILES string of the molecule is CCOc1cccc(Oc2ccc(C(=N)N)cn2)c1. The van der Waals surface area contributed by atoms with Gasteiger partial charge in [0.05, 0.1) is 6.61 Å². The summed E-state index contributed by atoms with van der Waals surface area (Å²) in [5.41, 5.74) is 5.92. The monoisotopic (exact) mass is 257 g/mol. The number of nitrogens with one attached hydrogen (secondary N) is 1. The van der Waals surface area contributed by atoms with Crippen molar-refractivity contribution in [2.24, 2.45) is 5.73 Å². The van der Waals surface area contributed by atoms with Crippen LogP contribution in [0.1, 0.15) is 12.5 Å². The second kappa shape index (κ2) is 5.86. The molecule has 0 saturated carbocycles. The minimum absolute atomic E-state index is 0.0163. The quantitative estimate of drug-likeness (QED) is 0.637. The highest BCUT2D eigenvalue weighted by Crippen LogP contribution is 2.23. The van der Waals surface area contributed by atoms with Gasteiger partial charge in [0.15, 0.2) is 0 Å². The fraction of sp³-hybridized carbons (Fsp3) is 0.143. The van der Waals surface area contributed by atoms with Crippen molar-refractivity contribution in [1.82, 2.24) is 4.98 Å². The molecular weight excluding hydrogens is 242 g/mol. The summed E-state index contributed by atoms with van der Waals surface area (Å²) in [5.74, 6) is 1.82. The normalized spacial score (nSPS) is 9.95. The maximum Gasteiger partial charge on any atom is 0.219 e. The minimum atomic E-state index is -0.0163. The lowest BCUT2D eigenvalue weighted by Crippen LogP contribution is -2.11. The van der Waals surface area contributed by atoms with Crippen LogP contribution < -0.4 is 15.2 Å². The van der Waals surface area contributed by atoms with Crippen LogP contribution in [0.5, 0.6) is 17.4 Å². The van der Waals surface area contributed by atoms with Crippen LogP contribution in [-0.4, -0.2) is 17.4 Å². The average Bonchev–Trinajstić information content (AvgIpc) is 2.40. The predicted molar refractivity (Wildman–Crippen MR) is 72.9 cm³/mol. The van der Waals surface area contributed by atoms with Crippen molar-refractivity contribution in [1.29, 1.82) is 5.41 Å². The first-order valence-electron chi connectivity index (χ1n) is 5.90. The van der Waals surface area contributed by atoms with E-state index in [4.69, 9.17) is 20.6 Å². The van der Waals surface area contributed by atoms with E-state index >= 15 is 0 Å². The molecule has 1 aromatic carbocycles. The first kappa shape index (κ1) is 12.9. The smallest absolute Gasteiger partial charge is 0.219 e. The van der Waals surface area contributed by atoms with E-state index in [1.807, 2.05) is 25.1 Å². The molecule has 19 heavy (non-hydrogen) atoms.